The predicted molar refractivity (Wildman–Crippen MR) is 108 cm³/mol. The van der Waals surface area contributed by atoms with Crippen LogP contribution in [0.5, 0.6) is 5.75 Å². The molecule has 1 atom stereocenters. The zero-order chi connectivity index (χ0) is 18.2. The van der Waals surface area contributed by atoms with Crippen molar-refractivity contribution in [1.82, 2.24) is 0 Å². The van der Waals surface area contributed by atoms with Gasteiger partial charge in [0.1, 0.15) is 12.4 Å². The van der Waals surface area contributed by atoms with Crippen LogP contribution >= 0.6 is 11.6 Å². The number of hydrogen-bond acceptors (Lipinski definition) is 3. The molecule has 26 heavy (non-hydrogen) atoms. The molecule has 0 spiro atoms. The van der Waals surface area contributed by atoms with Crippen molar-refractivity contribution in [2.75, 3.05) is 17.7 Å². The van der Waals surface area contributed by atoms with Gasteiger partial charge in [0.05, 0.1) is 12.0 Å². The molecule has 3 nitrogen and oxygen atoms in total. The molecule has 0 saturated heterocycles. The van der Waals surface area contributed by atoms with Crippen molar-refractivity contribution in [3.8, 4) is 16.9 Å². The average Bonchev–Trinajstić information content (AvgIpc) is 2.72. The molecule has 1 unspecified atom stereocenters. The maximum Gasteiger partial charge on any atom is 0.120 e. The summed E-state index contributed by atoms with van der Waals surface area (Å²) in [5.41, 5.74) is 4.31. The first-order valence-electron chi connectivity index (χ1n) is 8.60. The van der Waals surface area contributed by atoms with Crippen molar-refractivity contribution in [1.29, 1.82) is 0 Å². The van der Waals surface area contributed by atoms with Crippen LogP contribution in [0.4, 0.5) is 5.69 Å². The van der Waals surface area contributed by atoms with Gasteiger partial charge >= 0.3 is 0 Å². The molecule has 4 heteroatoms. The highest BCUT2D eigenvalue weighted by atomic mass is 35.5. The largest absolute Gasteiger partial charge is 0.489 e. The van der Waals surface area contributed by atoms with E-state index in [0.717, 1.165) is 28.1 Å². The lowest BCUT2D eigenvalue weighted by atomic mass is 10.1. The van der Waals surface area contributed by atoms with Crippen LogP contribution in [-0.2, 0) is 6.61 Å². The number of anilines is 1. The first-order valence-corrected chi connectivity index (χ1v) is 9.13. The number of alkyl halides is 1. The Kier molecular flexibility index (Phi) is 6.53. The summed E-state index contributed by atoms with van der Waals surface area (Å²) in [5, 5.41) is 12.7. The van der Waals surface area contributed by atoms with Gasteiger partial charge in [0.25, 0.3) is 0 Å². The van der Waals surface area contributed by atoms with Gasteiger partial charge in [-0.15, -0.1) is 11.6 Å². The van der Waals surface area contributed by atoms with E-state index in [1.807, 2.05) is 60.7 Å². The molecule has 0 bridgehead atoms. The van der Waals surface area contributed by atoms with Crippen LogP contribution in [0.1, 0.15) is 5.56 Å². The highest BCUT2D eigenvalue weighted by Crippen LogP contribution is 2.25. The van der Waals surface area contributed by atoms with Gasteiger partial charge in [-0.05, 0) is 41.0 Å². The molecule has 0 radical (unpaired) electrons. The maximum absolute atomic E-state index is 9.51. The van der Waals surface area contributed by atoms with Gasteiger partial charge in [-0.25, -0.2) is 0 Å². The summed E-state index contributed by atoms with van der Waals surface area (Å²) in [7, 11) is 0. The zero-order valence-electron chi connectivity index (χ0n) is 14.4. The lowest BCUT2D eigenvalue weighted by molar-refractivity contribution is 0.211. The number of rotatable bonds is 8. The van der Waals surface area contributed by atoms with Gasteiger partial charge < -0.3 is 15.2 Å². The minimum absolute atomic E-state index is 0.223. The molecule has 0 heterocycles. The van der Waals surface area contributed by atoms with Gasteiger partial charge in [0.2, 0.25) is 0 Å². The normalized spacial score (nSPS) is 11.8. The van der Waals surface area contributed by atoms with E-state index in [2.05, 4.69) is 23.5 Å². The number of aliphatic hydroxyl groups is 1. The minimum Gasteiger partial charge on any atom is -0.489 e. The third-order valence-electron chi connectivity index (χ3n) is 4.02. The Morgan fingerprint density at radius 1 is 0.885 bits per heavy atom. The Morgan fingerprint density at radius 2 is 1.65 bits per heavy atom. The van der Waals surface area contributed by atoms with Crippen LogP contribution in [0.3, 0.4) is 0 Å². The Hall–Kier alpha value is -2.49. The molecule has 3 aromatic carbocycles. The molecular weight excluding hydrogens is 346 g/mol. The fraction of sp³-hybridized carbons (Fsp3) is 0.182. The highest BCUT2D eigenvalue weighted by Gasteiger charge is 2.03. The summed E-state index contributed by atoms with van der Waals surface area (Å²) in [4.78, 5) is 0. The summed E-state index contributed by atoms with van der Waals surface area (Å²) in [6, 6.07) is 26.3. The number of nitrogens with one attached hydrogen (secondary N) is 1. The highest BCUT2D eigenvalue weighted by molar-refractivity contribution is 6.18. The fourth-order valence-corrected chi connectivity index (χ4v) is 2.69. The number of hydrogen-bond donors (Lipinski definition) is 2. The standard InChI is InChI=1S/C22H22ClNO2/c23-14-21(25)15-24-20-11-9-18(10-12-20)19-7-4-8-22(13-19)26-16-17-5-2-1-3-6-17/h1-13,21,24-25H,14-16H2. The van der Waals surface area contributed by atoms with Crippen molar-refractivity contribution >= 4 is 17.3 Å². The van der Waals surface area contributed by atoms with E-state index in [1.54, 1.807) is 0 Å². The van der Waals surface area contributed by atoms with E-state index >= 15 is 0 Å². The summed E-state index contributed by atoms with van der Waals surface area (Å²) in [6.45, 7) is 0.988. The van der Waals surface area contributed by atoms with E-state index in [4.69, 9.17) is 16.3 Å². The van der Waals surface area contributed by atoms with Crippen molar-refractivity contribution in [2.45, 2.75) is 12.7 Å². The Balaban J connectivity index is 1.64. The molecular formula is C22H22ClNO2. The van der Waals surface area contributed by atoms with E-state index in [1.165, 1.54) is 0 Å². The number of halogens is 1. The van der Waals surface area contributed by atoms with Crippen molar-refractivity contribution in [3.63, 3.8) is 0 Å². The molecule has 0 aliphatic rings. The molecule has 0 aromatic heterocycles. The number of aliphatic hydroxyl groups excluding tert-OH is 1. The van der Waals surface area contributed by atoms with Gasteiger partial charge in [-0.1, -0.05) is 54.6 Å². The van der Waals surface area contributed by atoms with Crippen molar-refractivity contribution < 1.29 is 9.84 Å². The molecule has 134 valence electrons. The first kappa shape index (κ1) is 18.3. The van der Waals surface area contributed by atoms with Crippen LogP contribution in [0.2, 0.25) is 0 Å². The lowest BCUT2D eigenvalue weighted by Crippen LogP contribution is -2.20. The van der Waals surface area contributed by atoms with Crippen LogP contribution < -0.4 is 10.1 Å². The van der Waals surface area contributed by atoms with Gasteiger partial charge in [-0.2, -0.15) is 0 Å². The van der Waals surface area contributed by atoms with Crippen LogP contribution in [0, 0.1) is 0 Å². The third kappa shape index (κ3) is 5.25. The fourth-order valence-electron chi connectivity index (χ4n) is 2.58. The van der Waals surface area contributed by atoms with E-state index in [-0.39, 0.29) is 5.88 Å². The molecule has 3 rings (SSSR count). The molecule has 0 amide bonds. The predicted octanol–water partition coefficient (Wildman–Crippen LogP) is 4.94. The maximum atomic E-state index is 9.51. The summed E-state index contributed by atoms with van der Waals surface area (Å²) >= 11 is 5.60. The molecule has 3 aromatic rings. The van der Waals surface area contributed by atoms with E-state index in [0.29, 0.717) is 13.2 Å². The second-order valence-corrected chi connectivity index (χ2v) is 6.38. The van der Waals surface area contributed by atoms with E-state index in [9.17, 15) is 5.11 Å². The SMILES string of the molecule is OC(CCl)CNc1ccc(-c2cccc(OCc3ccccc3)c2)cc1. The first-order chi connectivity index (χ1) is 12.7. The molecule has 0 fully saturated rings. The summed E-state index contributed by atoms with van der Waals surface area (Å²) < 4.78 is 5.90. The summed E-state index contributed by atoms with van der Waals surface area (Å²) in [6.07, 6.45) is -0.546. The Morgan fingerprint density at radius 3 is 2.38 bits per heavy atom. The van der Waals surface area contributed by atoms with Crippen molar-refractivity contribution in [3.05, 3.63) is 84.4 Å². The van der Waals surface area contributed by atoms with Gasteiger partial charge in [0.15, 0.2) is 0 Å². The monoisotopic (exact) mass is 367 g/mol. The van der Waals surface area contributed by atoms with Crippen LogP contribution in [-0.4, -0.2) is 23.6 Å². The van der Waals surface area contributed by atoms with Gasteiger partial charge in [-0.3, -0.25) is 0 Å². The average molecular weight is 368 g/mol. The lowest BCUT2D eigenvalue weighted by Gasteiger charge is -2.11. The molecule has 0 aliphatic heterocycles. The Labute approximate surface area is 159 Å². The van der Waals surface area contributed by atoms with Gasteiger partial charge in [0, 0.05) is 12.2 Å². The smallest absolute Gasteiger partial charge is 0.120 e. The Bertz CT molecular complexity index is 806. The third-order valence-corrected chi connectivity index (χ3v) is 4.38. The quantitative estimate of drug-likeness (QED) is 0.554. The molecule has 0 saturated carbocycles. The number of benzene rings is 3. The second kappa shape index (κ2) is 9.27. The molecule has 2 N–H and O–H groups in total. The van der Waals surface area contributed by atoms with Crippen LogP contribution in [0.25, 0.3) is 11.1 Å². The topological polar surface area (TPSA) is 41.5 Å². The van der Waals surface area contributed by atoms with Crippen molar-refractivity contribution in [2.24, 2.45) is 0 Å². The van der Waals surface area contributed by atoms with Crippen LogP contribution in [0.15, 0.2) is 78.9 Å². The minimum atomic E-state index is -0.546. The second-order valence-electron chi connectivity index (χ2n) is 6.07. The number of ether oxygens (including phenoxy) is 1. The van der Waals surface area contributed by atoms with E-state index < -0.39 is 6.10 Å². The zero-order valence-corrected chi connectivity index (χ0v) is 15.2. The molecule has 0 aliphatic carbocycles. The summed E-state index contributed by atoms with van der Waals surface area (Å²) in [5.74, 6) is 1.07.